The summed E-state index contributed by atoms with van der Waals surface area (Å²) in [4.78, 5) is 15.0. The average molecular weight is 427 g/mol. The van der Waals surface area contributed by atoms with Crippen LogP contribution in [-0.4, -0.2) is 67.4 Å². The number of anilines is 1. The summed E-state index contributed by atoms with van der Waals surface area (Å²) >= 11 is 7.94. The van der Waals surface area contributed by atoms with Gasteiger partial charge in [0, 0.05) is 50.7 Å². The van der Waals surface area contributed by atoms with Gasteiger partial charge in [-0.3, -0.25) is 4.90 Å². The number of aromatic nitrogens is 2. The van der Waals surface area contributed by atoms with Gasteiger partial charge in [0.2, 0.25) is 5.28 Å². The van der Waals surface area contributed by atoms with E-state index in [1.54, 1.807) is 11.3 Å². The molecular formula is C15H22Cl3N5OS. The highest BCUT2D eigenvalue weighted by Gasteiger charge is 2.20. The maximum Gasteiger partial charge on any atom is 0.224 e. The number of ether oxygens (including phenoxy) is 1. The van der Waals surface area contributed by atoms with Crippen LogP contribution >= 0.6 is 47.8 Å². The number of fused-ring (bicyclic) bond motifs is 1. The molecule has 1 N–H and O–H groups in total. The van der Waals surface area contributed by atoms with Gasteiger partial charge in [0.15, 0.2) is 5.82 Å². The number of piperazine rings is 1. The number of hydrogen-bond acceptors (Lipinski definition) is 7. The zero-order valence-corrected chi connectivity index (χ0v) is 16.9. The molecule has 10 heteroatoms. The monoisotopic (exact) mass is 425 g/mol. The molecule has 0 unspecified atom stereocenters. The van der Waals surface area contributed by atoms with Crippen molar-refractivity contribution in [2.75, 3.05) is 57.4 Å². The van der Waals surface area contributed by atoms with Crippen molar-refractivity contribution < 1.29 is 4.74 Å². The summed E-state index contributed by atoms with van der Waals surface area (Å²) < 4.78 is 6.58. The molecular weight excluding hydrogens is 405 g/mol. The van der Waals surface area contributed by atoms with Gasteiger partial charge in [-0.1, -0.05) is 0 Å². The van der Waals surface area contributed by atoms with Crippen molar-refractivity contribution in [1.82, 2.24) is 20.2 Å². The zero-order chi connectivity index (χ0) is 15.6. The third-order valence-electron chi connectivity index (χ3n) is 4.28. The van der Waals surface area contributed by atoms with Crippen molar-refractivity contribution in [2.45, 2.75) is 6.54 Å². The molecule has 0 spiro atoms. The first-order chi connectivity index (χ1) is 11.3. The van der Waals surface area contributed by atoms with Crippen molar-refractivity contribution in [3.8, 4) is 0 Å². The van der Waals surface area contributed by atoms with Crippen LogP contribution in [0.5, 0.6) is 0 Å². The summed E-state index contributed by atoms with van der Waals surface area (Å²) in [6.07, 6.45) is 0. The molecule has 2 fully saturated rings. The minimum atomic E-state index is 0. The van der Waals surface area contributed by atoms with Crippen LogP contribution in [0.25, 0.3) is 10.2 Å². The standard InChI is InChI=1S/C15H20ClN5OS.2ClH/c16-15-18-12-9-11(10-20-3-1-17-2-4-20)23-13(12)14(19-15)21-5-7-22-8-6-21;;/h9,17H,1-8,10H2;2*1H. The van der Waals surface area contributed by atoms with E-state index in [0.29, 0.717) is 5.28 Å². The van der Waals surface area contributed by atoms with Crippen molar-refractivity contribution in [3.63, 3.8) is 0 Å². The fraction of sp³-hybridized carbons (Fsp3) is 0.600. The average Bonchev–Trinajstić information content (AvgIpc) is 2.98. The molecule has 0 atom stereocenters. The Bertz CT molecular complexity index is 689. The van der Waals surface area contributed by atoms with Gasteiger partial charge in [-0.05, 0) is 17.7 Å². The van der Waals surface area contributed by atoms with Gasteiger partial charge in [-0.2, -0.15) is 4.98 Å². The van der Waals surface area contributed by atoms with E-state index in [9.17, 15) is 0 Å². The maximum absolute atomic E-state index is 6.15. The summed E-state index contributed by atoms with van der Waals surface area (Å²) in [6, 6.07) is 2.17. The van der Waals surface area contributed by atoms with Crippen molar-refractivity contribution in [3.05, 3.63) is 16.2 Å². The van der Waals surface area contributed by atoms with Gasteiger partial charge in [0.05, 0.1) is 23.4 Å². The molecule has 140 valence electrons. The number of nitrogens with one attached hydrogen (secondary N) is 1. The lowest BCUT2D eigenvalue weighted by Crippen LogP contribution is -2.42. The van der Waals surface area contributed by atoms with Crippen LogP contribution in [0.3, 0.4) is 0 Å². The Kier molecular flexibility index (Phi) is 7.94. The highest BCUT2D eigenvalue weighted by atomic mass is 35.5. The van der Waals surface area contributed by atoms with E-state index in [1.807, 2.05) is 0 Å². The topological polar surface area (TPSA) is 53.5 Å². The summed E-state index contributed by atoms with van der Waals surface area (Å²) in [5, 5.41) is 3.71. The number of rotatable bonds is 3. The lowest BCUT2D eigenvalue weighted by atomic mass is 10.3. The molecule has 0 aliphatic carbocycles. The Morgan fingerprint density at radius 1 is 1.12 bits per heavy atom. The Hall–Kier alpha value is -0.410. The van der Waals surface area contributed by atoms with Gasteiger partial charge in [0.1, 0.15) is 0 Å². The van der Waals surface area contributed by atoms with Crippen LogP contribution in [0.15, 0.2) is 6.07 Å². The van der Waals surface area contributed by atoms with Crippen molar-refractivity contribution in [1.29, 1.82) is 0 Å². The molecule has 25 heavy (non-hydrogen) atoms. The van der Waals surface area contributed by atoms with E-state index in [2.05, 4.69) is 31.2 Å². The second kappa shape index (κ2) is 9.50. The molecule has 2 aliphatic rings. The first-order valence-electron chi connectivity index (χ1n) is 8.01. The van der Waals surface area contributed by atoms with E-state index in [-0.39, 0.29) is 24.8 Å². The minimum Gasteiger partial charge on any atom is -0.378 e. The van der Waals surface area contributed by atoms with Crippen LogP contribution in [0, 0.1) is 0 Å². The molecule has 4 rings (SSSR count). The number of thiophene rings is 1. The zero-order valence-electron chi connectivity index (χ0n) is 13.7. The fourth-order valence-electron chi connectivity index (χ4n) is 3.09. The summed E-state index contributed by atoms with van der Waals surface area (Å²) in [7, 11) is 0. The smallest absolute Gasteiger partial charge is 0.224 e. The van der Waals surface area contributed by atoms with Crippen LogP contribution in [0.1, 0.15) is 4.88 Å². The molecule has 0 bridgehead atoms. The predicted octanol–water partition coefficient (Wildman–Crippen LogP) is 2.43. The predicted molar refractivity (Wildman–Crippen MR) is 108 cm³/mol. The van der Waals surface area contributed by atoms with E-state index in [1.165, 1.54) is 4.88 Å². The number of morpholine rings is 1. The highest BCUT2D eigenvalue weighted by Crippen LogP contribution is 2.33. The number of nitrogens with zero attached hydrogens (tertiary/aromatic N) is 4. The Morgan fingerprint density at radius 2 is 1.84 bits per heavy atom. The summed E-state index contributed by atoms with van der Waals surface area (Å²) in [5.41, 5.74) is 0.960. The van der Waals surface area contributed by atoms with Crippen LogP contribution < -0.4 is 10.2 Å². The van der Waals surface area contributed by atoms with E-state index in [4.69, 9.17) is 16.3 Å². The normalized spacial score (nSPS) is 18.7. The second-order valence-corrected chi connectivity index (χ2v) is 7.34. The number of halogens is 3. The fourth-order valence-corrected chi connectivity index (χ4v) is 4.42. The van der Waals surface area contributed by atoms with E-state index in [0.717, 1.165) is 75.1 Å². The van der Waals surface area contributed by atoms with Gasteiger partial charge in [-0.15, -0.1) is 36.2 Å². The minimum absolute atomic E-state index is 0. The van der Waals surface area contributed by atoms with Gasteiger partial charge >= 0.3 is 0 Å². The molecule has 0 saturated carbocycles. The molecule has 6 nitrogen and oxygen atoms in total. The van der Waals surface area contributed by atoms with E-state index >= 15 is 0 Å². The maximum atomic E-state index is 6.15. The Labute approximate surface area is 168 Å². The van der Waals surface area contributed by atoms with Crippen LogP contribution in [-0.2, 0) is 11.3 Å². The van der Waals surface area contributed by atoms with Crippen molar-refractivity contribution in [2.24, 2.45) is 0 Å². The molecule has 4 heterocycles. The molecule has 2 saturated heterocycles. The Morgan fingerprint density at radius 3 is 2.56 bits per heavy atom. The van der Waals surface area contributed by atoms with Gasteiger partial charge in [0.25, 0.3) is 0 Å². The highest BCUT2D eigenvalue weighted by molar-refractivity contribution is 7.19. The largest absolute Gasteiger partial charge is 0.378 e. The molecule has 0 radical (unpaired) electrons. The van der Waals surface area contributed by atoms with Crippen LogP contribution in [0.4, 0.5) is 5.82 Å². The molecule has 0 amide bonds. The summed E-state index contributed by atoms with van der Waals surface area (Å²) in [5.74, 6) is 0.958. The first kappa shape index (κ1) is 20.9. The lowest BCUT2D eigenvalue weighted by molar-refractivity contribution is 0.122. The van der Waals surface area contributed by atoms with E-state index < -0.39 is 0 Å². The third-order valence-corrected chi connectivity index (χ3v) is 5.55. The summed E-state index contributed by atoms with van der Waals surface area (Å²) in [6.45, 7) is 8.48. The SMILES string of the molecule is Cl.Cl.Clc1nc(N2CCOCC2)c2sc(CN3CCNCC3)cc2n1. The molecule has 0 aromatic carbocycles. The quantitative estimate of drug-likeness (QED) is 0.761. The molecule has 2 aromatic heterocycles. The second-order valence-electron chi connectivity index (χ2n) is 5.87. The van der Waals surface area contributed by atoms with Gasteiger partial charge in [-0.25, -0.2) is 4.98 Å². The van der Waals surface area contributed by atoms with Gasteiger partial charge < -0.3 is 15.0 Å². The molecule has 2 aromatic rings. The first-order valence-corrected chi connectivity index (χ1v) is 9.21. The lowest BCUT2D eigenvalue weighted by Gasteiger charge is -2.28. The number of hydrogen-bond donors (Lipinski definition) is 1. The van der Waals surface area contributed by atoms with Crippen molar-refractivity contribution >= 4 is 63.8 Å². The molecule has 2 aliphatic heterocycles. The third kappa shape index (κ3) is 4.86. The van der Waals surface area contributed by atoms with Crippen LogP contribution in [0.2, 0.25) is 5.28 Å². The Balaban J connectivity index is 0.00000113.